The normalized spacial score (nSPS) is 27.8. The minimum atomic E-state index is 0.0204. The molecule has 0 saturated carbocycles. The van der Waals surface area contributed by atoms with Gasteiger partial charge in [0.2, 0.25) is 11.8 Å². The molecule has 0 aromatic carbocycles. The summed E-state index contributed by atoms with van der Waals surface area (Å²) in [6.07, 6.45) is 5.36. The molecule has 0 aromatic rings. The van der Waals surface area contributed by atoms with Gasteiger partial charge in [0.25, 0.3) is 0 Å². The average Bonchev–Trinajstić information content (AvgIpc) is 2.46. The molecule has 0 aromatic heterocycles. The van der Waals surface area contributed by atoms with Crippen LogP contribution in [0.4, 0.5) is 0 Å². The first kappa shape index (κ1) is 15.3. The lowest BCUT2D eigenvalue weighted by molar-refractivity contribution is -0.144. The Morgan fingerprint density at radius 3 is 2.45 bits per heavy atom. The molecule has 0 bridgehead atoms. The molecule has 0 radical (unpaired) electrons. The van der Waals surface area contributed by atoms with Gasteiger partial charge in [-0.05, 0) is 39.0 Å². The number of likely N-dealkylation sites (tertiary alicyclic amines) is 2. The Morgan fingerprint density at radius 1 is 1.05 bits per heavy atom. The minimum absolute atomic E-state index is 0.0204. The molecular formula is C16H28N2O2. The van der Waals surface area contributed by atoms with Crippen molar-refractivity contribution in [3.05, 3.63) is 0 Å². The molecule has 2 atom stereocenters. The Balaban J connectivity index is 1.97. The van der Waals surface area contributed by atoms with Gasteiger partial charge in [0.15, 0.2) is 0 Å². The van der Waals surface area contributed by atoms with Crippen LogP contribution in [-0.4, -0.2) is 47.3 Å². The molecule has 2 fully saturated rings. The van der Waals surface area contributed by atoms with Crippen LogP contribution in [0, 0.1) is 11.8 Å². The lowest BCUT2D eigenvalue weighted by Crippen LogP contribution is -2.50. The number of carbonyl (C=O) groups is 2. The summed E-state index contributed by atoms with van der Waals surface area (Å²) in [5, 5.41) is 0. The van der Waals surface area contributed by atoms with Crippen LogP contribution in [0.2, 0.25) is 0 Å². The maximum absolute atomic E-state index is 12.7. The molecule has 2 amide bonds. The summed E-state index contributed by atoms with van der Waals surface area (Å²) in [5.74, 6) is 0.511. The van der Waals surface area contributed by atoms with E-state index in [2.05, 4.69) is 11.8 Å². The Morgan fingerprint density at radius 2 is 1.80 bits per heavy atom. The van der Waals surface area contributed by atoms with Crippen LogP contribution in [0.1, 0.15) is 52.9 Å². The van der Waals surface area contributed by atoms with Crippen LogP contribution in [0.5, 0.6) is 0 Å². The third-order valence-corrected chi connectivity index (χ3v) is 4.66. The van der Waals surface area contributed by atoms with Crippen molar-refractivity contribution in [1.82, 2.24) is 9.80 Å². The fraction of sp³-hybridized carbons (Fsp3) is 0.875. The fourth-order valence-electron chi connectivity index (χ4n) is 3.40. The smallest absolute Gasteiger partial charge is 0.227 e. The van der Waals surface area contributed by atoms with E-state index in [9.17, 15) is 9.59 Å². The van der Waals surface area contributed by atoms with Gasteiger partial charge in [-0.1, -0.05) is 13.8 Å². The predicted octanol–water partition coefficient (Wildman–Crippen LogP) is 2.28. The molecule has 0 unspecified atom stereocenters. The van der Waals surface area contributed by atoms with E-state index < -0.39 is 0 Å². The van der Waals surface area contributed by atoms with Crippen molar-refractivity contribution in [3.63, 3.8) is 0 Å². The monoisotopic (exact) mass is 280 g/mol. The molecule has 0 aliphatic carbocycles. The van der Waals surface area contributed by atoms with Crippen LogP contribution in [0.25, 0.3) is 0 Å². The van der Waals surface area contributed by atoms with E-state index in [0.29, 0.717) is 12.6 Å². The van der Waals surface area contributed by atoms with E-state index in [0.717, 1.165) is 38.8 Å². The zero-order chi connectivity index (χ0) is 14.7. The van der Waals surface area contributed by atoms with Gasteiger partial charge in [-0.3, -0.25) is 9.59 Å². The third kappa shape index (κ3) is 3.33. The second-order valence-corrected chi connectivity index (χ2v) is 6.65. The Hall–Kier alpha value is -1.06. The van der Waals surface area contributed by atoms with Crippen molar-refractivity contribution in [2.24, 2.45) is 11.8 Å². The molecule has 2 heterocycles. The van der Waals surface area contributed by atoms with Crippen LogP contribution in [-0.2, 0) is 9.59 Å². The molecule has 2 saturated heterocycles. The van der Waals surface area contributed by atoms with E-state index in [1.807, 2.05) is 18.7 Å². The summed E-state index contributed by atoms with van der Waals surface area (Å²) < 4.78 is 0. The zero-order valence-corrected chi connectivity index (χ0v) is 13.1. The van der Waals surface area contributed by atoms with E-state index in [4.69, 9.17) is 0 Å². The van der Waals surface area contributed by atoms with Crippen LogP contribution < -0.4 is 0 Å². The molecule has 2 rings (SSSR count). The largest absolute Gasteiger partial charge is 0.342 e. The van der Waals surface area contributed by atoms with Gasteiger partial charge < -0.3 is 9.80 Å². The SMILES string of the molecule is CC(C)C(=O)N1CCC[C@H](C(=O)N2CCCC[C@H]2C)C1. The standard InChI is InChI=1S/C16H28N2O2/c1-12(2)15(19)17-9-6-8-14(11-17)16(20)18-10-5-4-7-13(18)3/h12-14H,4-11H2,1-3H3/t13-,14+/m1/s1. The van der Waals surface area contributed by atoms with Crippen molar-refractivity contribution in [2.45, 2.75) is 58.9 Å². The summed E-state index contributed by atoms with van der Waals surface area (Å²) in [4.78, 5) is 28.7. The summed E-state index contributed by atoms with van der Waals surface area (Å²) in [7, 11) is 0. The Kier molecular flexibility index (Phi) is 5.06. The molecule has 20 heavy (non-hydrogen) atoms. The van der Waals surface area contributed by atoms with Gasteiger partial charge in [-0.25, -0.2) is 0 Å². The number of rotatable bonds is 2. The maximum atomic E-state index is 12.7. The first-order valence-corrected chi connectivity index (χ1v) is 8.10. The van der Waals surface area contributed by atoms with Crippen LogP contribution in [0.3, 0.4) is 0 Å². The number of hydrogen-bond donors (Lipinski definition) is 0. The number of nitrogens with zero attached hydrogens (tertiary/aromatic N) is 2. The highest BCUT2D eigenvalue weighted by atomic mass is 16.2. The van der Waals surface area contributed by atoms with Gasteiger partial charge in [-0.2, -0.15) is 0 Å². The van der Waals surface area contributed by atoms with E-state index >= 15 is 0 Å². The molecule has 2 aliphatic rings. The van der Waals surface area contributed by atoms with Gasteiger partial charge in [0.1, 0.15) is 0 Å². The highest BCUT2D eigenvalue weighted by Crippen LogP contribution is 2.24. The second-order valence-electron chi connectivity index (χ2n) is 6.65. The van der Waals surface area contributed by atoms with Crippen molar-refractivity contribution in [3.8, 4) is 0 Å². The molecule has 2 aliphatic heterocycles. The average molecular weight is 280 g/mol. The molecular weight excluding hydrogens is 252 g/mol. The van der Waals surface area contributed by atoms with E-state index in [-0.39, 0.29) is 23.7 Å². The summed E-state index contributed by atoms with van der Waals surface area (Å²) in [5.41, 5.74) is 0. The van der Waals surface area contributed by atoms with Crippen molar-refractivity contribution in [2.75, 3.05) is 19.6 Å². The lowest BCUT2D eigenvalue weighted by atomic mass is 9.93. The molecule has 0 N–H and O–H groups in total. The minimum Gasteiger partial charge on any atom is -0.342 e. The van der Waals surface area contributed by atoms with Crippen molar-refractivity contribution >= 4 is 11.8 Å². The predicted molar refractivity (Wildman–Crippen MR) is 79.2 cm³/mol. The highest BCUT2D eigenvalue weighted by molar-refractivity contribution is 5.82. The number of amides is 2. The third-order valence-electron chi connectivity index (χ3n) is 4.66. The first-order chi connectivity index (χ1) is 9.50. The molecule has 4 heteroatoms. The zero-order valence-electron chi connectivity index (χ0n) is 13.1. The summed E-state index contributed by atoms with van der Waals surface area (Å²) in [6, 6.07) is 0.368. The van der Waals surface area contributed by atoms with Gasteiger partial charge >= 0.3 is 0 Å². The Labute approximate surface area is 122 Å². The van der Waals surface area contributed by atoms with Crippen molar-refractivity contribution < 1.29 is 9.59 Å². The second kappa shape index (κ2) is 6.59. The molecule has 114 valence electrons. The topological polar surface area (TPSA) is 40.6 Å². The molecule has 0 spiro atoms. The summed E-state index contributed by atoms with van der Waals surface area (Å²) >= 11 is 0. The van der Waals surface area contributed by atoms with E-state index in [1.165, 1.54) is 6.42 Å². The van der Waals surface area contributed by atoms with E-state index in [1.54, 1.807) is 0 Å². The van der Waals surface area contributed by atoms with Gasteiger partial charge in [0, 0.05) is 31.6 Å². The highest BCUT2D eigenvalue weighted by Gasteiger charge is 2.34. The van der Waals surface area contributed by atoms with Crippen LogP contribution >= 0.6 is 0 Å². The maximum Gasteiger partial charge on any atom is 0.227 e. The lowest BCUT2D eigenvalue weighted by Gasteiger charge is -2.39. The van der Waals surface area contributed by atoms with Crippen molar-refractivity contribution in [1.29, 1.82) is 0 Å². The number of piperidine rings is 2. The molecule has 4 nitrogen and oxygen atoms in total. The van der Waals surface area contributed by atoms with Gasteiger partial charge in [-0.15, -0.1) is 0 Å². The summed E-state index contributed by atoms with van der Waals surface area (Å²) in [6.45, 7) is 8.35. The number of carbonyl (C=O) groups excluding carboxylic acids is 2. The van der Waals surface area contributed by atoms with Gasteiger partial charge in [0.05, 0.1) is 5.92 Å². The first-order valence-electron chi connectivity index (χ1n) is 8.10. The fourth-order valence-corrected chi connectivity index (χ4v) is 3.40. The van der Waals surface area contributed by atoms with Crippen LogP contribution in [0.15, 0.2) is 0 Å². The quantitative estimate of drug-likeness (QED) is 0.778. The Bertz CT molecular complexity index is 367. The number of hydrogen-bond acceptors (Lipinski definition) is 2.